The fourth-order valence-corrected chi connectivity index (χ4v) is 4.19. The van der Waals surface area contributed by atoms with Crippen LogP contribution in [0.25, 0.3) is 22.3 Å². The topological polar surface area (TPSA) is 63.1 Å². The highest BCUT2D eigenvalue weighted by molar-refractivity contribution is 6.06. The summed E-state index contributed by atoms with van der Waals surface area (Å²) in [6.07, 6.45) is 4.10. The van der Waals surface area contributed by atoms with E-state index in [1.165, 1.54) is 6.42 Å². The summed E-state index contributed by atoms with van der Waals surface area (Å²) in [5.41, 5.74) is 3.18. The van der Waals surface area contributed by atoms with E-state index in [9.17, 15) is 4.79 Å². The molecule has 3 aromatic rings. The summed E-state index contributed by atoms with van der Waals surface area (Å²) < 4.78 is 1.88. The average molecular weight is 392 g/mol. The molecule has 0 bridgehead atoms. The van der Waals surface area contributed by atoms with Gasteiger partial charge in [-0.25, -0.2) is 9.67 Å². The molecule has 1 aliphatic rings. The van der Waals surface area contributed by atoms with Gasteiger partial charge in [-0.15, -0.1) is 0 Å². The molecule has 1 aromatic carbocycles. The smallest absolute Gasteiger partial charge is 0.252 e. The van der Waals surface area contributed by atoms with Gasteiger partial charge in [0.15, 0.2) is 5.65 Å². The largest absolute Gasteiger partial charge is 0.350 e. The third-order valence-electron chi connectivity index (χ3n) is 5.77. The number of hydrogen-bond acceptors (Lipinski definition) is 4. The third-order valence-corrected chi connectivity index (χ3v) is 5.77. The number of rotatable bonds is 6. The number of fused-ring (bicyclic) bond motifs is 1. The Kier molecular flexibility index (Phi) is 5.62. The van der Waals surface area contributed by atoms with Gasteiger partial charge in [-0.1, -0.05) is 37.3 Å². The highest BCUT2D eigenvalue weighted by atomic mass is 16.1. The van der Waals surface area contributed by atoms with Crippen LogP contribution in [-0.4, -0.2) is 51.2 Å². The molecule has 152 valence electrons. The monoisotopic (exact) mass is 391 g/mol. The molecule has 1 saturated heterocycles. The first-order valence-corrected chi connectivity index (χ1v) is 10.5. The van der Waals surface area contributed by atoms with Crippen molar-refractivity contribution in [1.82, 2.24) is 25.0 Å². The SMILES string of the molecule is CCN1CCCC1CNC(=O)c1cc(-c2ccccc2)nc2c1cnn2C(C)C. The Hall–Kier alpha value is -2.73. The molecule has 1 unspecified atom stereocenters. The van der Waals surface area contributed by atoms with Gasteiger partial charge in [0.25, 0.3) is 5.91 Å². The second-order valence-electron chi connectivity index (χ2n) is 7.98. The van der Waals surface area contributed by atoms with Crippen LogP contribution in [0.4, 0.5) is 0 Å². The zero-order valence-corrected chi connectivity index (χ0v) is 17.4. The second kappa shape index (κ2) is 8.33. The third kappa shape index (κ3) is 3.90. The first-order chi connectivity index (χ1) is 14.1. The molecular formula is C23H29N5O. The maximum absolute atomic E-state index is 13.2. The molecule has 4 rings (SSSR count). The highest BCUT2D eigenvalue weighted by Gasteiger charge is 2.24. The number of likely N-dealkylation sites (tertiary alicyclic amines) is 1. The summed E-state index contributed by atoms with van der Waals surface area (Å²) in [5, 5.41) is 8.47. The number of benzene rings is 1. The summed E-state index contributed by atoms with van der Waals surface area (Å²) in [4.78, 5) is 20.5. The summed E-state index contributed by atoms with van der Waals surface area (Å²) in [6, 6.07) is 12.5. The van der Waals surface area contributed by atoms with Gasteiger partial charge < -0.3 is 5.32 Å². The Morgan fingerprint density at radius 3 is 2.79 bits per heavy atom. The molecule has 3 heterocycles. The van der Waals surface area contributed by atoms with Crippen molar-refractivity contribution in [2.75, 3.05) is 19.6 Å². The molecule has 6 nitrogen and oxygen atoms in total. The van der Waals surface area contributed by atoms with E-state index >= 15 is 0 Å². The second-order valence-corrected chi connectivity index (χ2v) is 7.98. The number of aromatic nitrogens is 3. The van der Waals surface area contributed by atoms with Gasteiger partial charge in [-0.2, -0.15) is 5.10 Å². The Bertz CT molecular complexity index is 995. The van der Waals surface area contributed by atoms with Gasteiger partial charge >= 0.3 is 0 Å². The molecule has 1 aliphatic heterocycles. The summed E-state index contributed by atoms with van der Waals surface area (Å²) >= 11 is 0. The quantitative estimate of drug-likeness (QED) is 0.692. The zero-order chi connectivity index (χ0) is 20.4. The Balaban J connectivity index is 1.69. The normalized spacial score (nSPS) is 17.3. The molecule has 0 saturated carbocycles. The predicted octanol–water partition coefficient (Wildman–Crippen LogP) is 3.89. The van der Waals surface area contributed by atoms with Crippen LogP contribution in [0.15, 0.2) is 42.6 Å². The average Bonchev–Trinajstić information content (AvgIpc) is 3.38. The van der Waals surface area contributed by atoms with Gasteiger partial charge in [-0.3, -0.25) is 9.69 Å². The minimum atomic E-state index is -0.0548. The molecule has 1 amide bonds. The van der Waals surface area contributed by atoms with Gasteiger partial charge in [0, 0.05) is 24.2 Å². The molecule has 6 heteroatoms. The van der Waals surface area contributed by atoms with E-state index in [2.05, 4.69) is 36.1 Å². The van der Waals surface area contributed by atoms with Crippen LogP contribution in [0.5, 0.6) is 0 Å². The van der Waals surface area contributed by atoms with Gasteiger partial charge in [-0.05, 0) is 45.8 Å². The maximum atomic E-state index is 13.2. The number of hydrogen-bond donors (Lipinski definition) is 1. The van der Waals surface area contributed by atoms with Crippen molar-refractivity contribution in [2.45, 2.75) is 45.7 Å². The first kappa shape index (κ1) is 19.6. The number of nitrogens with zero attached hydrogens (tertiary/aromatic N) is 4. The summed E-state index contributed by atoms with van der Waals surface area (Å²) in [7, 11) is 0. The Morgan fingerprint density at radius 1 is 1.28 bits per heavy atom. The summed E-state index contributed by atoms with van der Waals surface area (Å²) in [6.45, 7) is 9.15. The van der Waals surface area contributed by atoms with Crippen LogP contribution in [0.3, 0.4) is 0 Å². The Labute approximate surface area is 171 Å². The lowest BCUT2D eigenvalue weighted by molar-refractivity contribution is 0.0943. The van der Waals surface area contributed by atoms with E-state index < -0.39 is 0 Å². The number of pyridine rings is 1. The number of carbonyl (C=O) groups is 1. The van der Waals surface area contributed by atoms with E-state index in [1.54, 1.807) is 6.20 Å². The standard InChI is InChI=1S/C23H29N5O/c1-4-27-12-8-11-18(27)14-24-23(29)19-13-21(17-9-6-5-7-10-17)26-22-20(19)15-25-28(22)16(2)3/h5-7,9-10,13,15-16,18H,4,8,11-12,14H2,1-3H3,(H,24,29). The predicted molar refractivity (Wildman–Crippen MR) is 116 cm³/mol. The Morgan fingerprint density at radius 2 is 2.07 bits per heavy atom. The fourth-order valence-electron chi connectivity index (χ4n) is 4.19. The molecule has 0 aliphatic carbocycles. The van der Waals surface area contributed by atoms with E-state index in [0.717, 1.165) is 41.8 Å². The first-order valence-electron chi connectivity index (χ1n) is 10.5. The van der Waals surface area contributed by atoms with Gasteiger partial charge in [0.1, 0.15) is 0 Å². The lowest BCUT2D eigenvalue weighted by Crippen LogP contribution is -2.40. The van der Waals surface area contributed by atoms with Crippen molar-refractivity contribution in [1.29, 1.82) is 0 Å². The lowest BCUT2D eigenvalue weighted by atomic mass is 10.1. The van der Waals surface area contributed by atoms with E-state index in [0.29, 0.717) is 18.2 Å². The van der Waals surface area contributed by atoms with Crippen LogP contribution in [-0.2, 0) is 0 Å². The van der Waals surface area contributed by atoms with Crippen molar-refractivity contribution in [3.05, 3.63) is 48.2 Å². The van der Waals surface area contributed by atoms with E-state index in [1.807, 2.05) is 41.1 Å². The minimum Gasteiger partial charge on any atom is -0.350 e. The molecule has 0 radical (unpaired) electrons. The number of carbonyl (C=O) groups excluding carboxylic acids is 1. The molecule has 0 spiro atoms. The molecule has 2 aromatic heterocycles. The van der Waals surface area contributed by atoms with Crippen LogP contribution in [0.2, 0.25) is 0 Å². The van der Waals surface area contributed by atoms with Gasteiger partial charge in [0.2, 0.25) is 0 Å². The number of likely N-dealkylation sites (N-methyl/N-ethyl adjacent to an activating group) is 1. The van der Waals surface area contributed by atoms with Crippen molar-refractivity contribution in [3.63, 3.8) is 0 Å². The lowest BCUT2D eigenvalue weighted by Gasteiger charge is -2.23. The zero-order valence-electron chi connectivity index (χ0n) is 17.4. The number of amides is 1. The fraction of sp³-hybridized carbons (Fsp3) is 0.435. The van der Waals surface area contributed by atoms with Crippen LogP contribution >= 0.6 is 0 Å². The molecule has 1 N–H and O–H groups in total. The van der Waals surface area contributed by atoms with Crippen molar-refractivity contribution in [3.8, 4) is 11.3 Å². The van der Waals surface area contributed by atoms with E-state index in [-0.39, 0.29) is 11.9 Å². The molecule has 1 atom stereocenters. The summed E-state index contributed by atoms with van der Waals surface area (Å²) in [5.74, 6) is -0.0548. The maximum Gasteiger partial charge on any atom is 0.252 e. The van der Waals surface area contributed by atoms with Crippen molar-refractivity contribution in [2.24, 2.45) is 0 Å². The van der Waals surface area contributed by atoms with Crippen LogP contribution in [0.1, 0.15) is 50.0 Å². The molecule has 1 fully saturated rings. The highest BCUT2D eigenvalue weighted by Crippen LogP contribution is 2.26. The minimum absolute atomic E-state index is 0.0548. The van der Waals surface area contributed by atoms with Crippen LogP contribution < -0.4 is 5.32 Å². The van der Waals surface area contributed by atoms with E-state index in [4.69, 9.17) is 4.98 Å². The van der Waals surface area contributed by atoms with Crippen molar-refractivity contribution >= 4 is 16.9 Å². The number of nitrogens with one attached hydrogen (secondary N) is 1. The molecule has 29 heavy (non-hydrogen) atoms. The van der Waals surface area contributed by atoms with Crippen LogP contribution in [0, 0.1) is 0 Å². The molecular weight excluding hydrogens is 362 g/mol. The van der Waals surface area contributed by atoms with Gasteiger partial charge in [0.05, 0.1) is 22.8 Å². The van der Waals surface area contributed by atoms with Crippen molar-refractivity contribution < 1.29 is 4.79 Å².